The Bertz CT molecular complexity index is 1250. The number of ether oxygens (including phenoxy) is 2. The smallest absolute Gasteiger partial charge is 0.263 e. The third-order valence-corrected chi connectivity index (χ3v) is 6.30. The molecule has 0 saturated heterocycles. The quantitative estimate of drug-likeness (QED) is 0.469. The van der Waals surface area contributed by atoms with E-state index in [2.05, 4.69) is 19.9 Å². The van der Waals surface area contributed by atoms with Gasteiger partial charge in [0.1, 0.15) is 15.7 Å². The fraction of sp³-hybridized carbons (Fsp3) is 0.261. The molecule has 1 amide bonds. The van der Waals surface area contributed by atoms with Crippen molar-refractivity contribution in [3.8, 4) is 22.1 Å². The highest BCUT2D eigenvalue weighted by Gasteiger charge is 2.17. The van der Waals surface area contributed by atoms with Gasteiger partial charge in [-0.1, -0.05) is 12.1 Å². The zero-order valence-electron chi connectivity index (χ0n) is 17.9. The summed E-state index contributed by atoms with van der Waals surface area (Å²) in [6, 6.07) is 13.6. The number of imidazole rings is 1. The second-order valence-electron chi connectivity index (χ2n) is 7.06. The van der Waals surface area contributed by atoms with Gasteiger partial charge in [0.25, 0.3) is 5.91 Å². The number of thiazole rings is 1. The number of rotatable bonds is 7. The summed E-state index contributed by atoms with van der Waals surface area (Å²) in [6.07, 6.45) is 0. The van der Waals surface area contributed by atoms with Crippen LogP contribution in [0, 0.1) is 13.8 Å². The maximum Gasteiger partial charge on any atom is 0.263 e. The van der Waals surface area contributed by atoms with Crippen LogP contribution in [-0.2, 0) is 6.54 Å². The van der Waals surface area contributed by atoms with Gasteiger partial charge in [-0.25, -0.2) is 9.97 Å². The number of aromatic nitrogens is 3. The molecule has 0 saturated carbocycles. The summed E-state index contributed by atoms with van der Waals surface area (Å²) in [4.78, 5) is 22.6. The van der Waals surface area contributed by atoms with Gasteiger partial charge in [-0.2, -0.15) is 0 Å². The number of carbonyl (C=O) groups excluding carboxylic acids is 1. The average molecular weight is 437 g/mol. The van der Waals surface area contributed by atoms with Gasteiger partial charge in [0, 0.05) is 18.7 Å². The van der Waals surface area contributed by atoms with E-state index in [4.69, 9.17) is 9.47 Å². The van der Waals surface area contributed by atoms with Crippen LogP contribution < -0.4 is 14.8 Å². The van der Waals surface area contributed by atoms with Crippen LogP contribution >= 0.6 is 11.3 Å². The number of fused-ring (bicyclic) bond motifs is 1. The molecule has 0 atom stereocenters. The minimum atomic E-state index is -0.121. The maximum atomic E-state index is 12.8. The molecule has 0 aliphatic heterocycles. The number of para-hydroxylation sites is 2. The van der Waals surface area contributed by atoms with E-state index >= 15 is 0 Å². The van der Waals surface area contributed by atoms with E-state index in [0.29, 0.717) is 35.2 Å². The summed E-state index contributed by atoms with van der Waals surface area (Å²) in [5.41, 5.74) is 3.62. The Balaban J connectivity index is 1.47. The molecule has 2 aromatic heterocycles. The van der Waals surface area contributed by atoms with Crippen LogP contribution in [0.15, 0.2) is 42.5 Å². The summed E-state index contributed by atoms with van der Waals surface area (Å²) >= 11 is 1.37. The molecule has 4 aromatic rings. The summed E-state index contributed by atoms with van der Waals surface area (Å²) in [5, 5.41) is 3.78. The van der Waals surface area contributed by atoms with Crippen LogP contribution in [0.1, 0.15) is 21.2 Å². The Morgan fingerprint density at radius 1 is 1.06 bits per heavy atom. The van der Waals surface area contributed by atoms with Crippen molar-refractivity contribution in [3.63, 3.8) is 0 Å². The summed E-state index contributed by atoms with van der Waals surface area (Å²) < 4.78 is 12.8. The van der Waals surface area contributed by atoms with Crippen LogP contribution in [0.4, 0.5) is 0 Å². The molecule has 8 heteroatoms. The first-order chi connectivity index (χ1) is 15.0. The maximum absolute atomic E-state index is 12.8. The van der Waals surface area contributed by atoms with E-state index in [0.717, 1.165) is 27.4 Å². The number of nitrogens with one attached hydrogen (secondary N) is 1. The molecule has 0 bridgehead atoms. The minimum Gasteiger partial charge on any atom is -0.493 e. The van der Waals surface area contributed by atoms with Crippen molar-refractivity contribution in [1.29, 1.82) is 0 Å². The highest BCUT2D eigenvalue weighted by Crippen LogP contribution is 2.35. The van der Waals surface area contributed by atoms with Crippen molar-refractivity contribution in [1.82, 2.24) is 19.9 Å². The predicted molar refractivity (Wildman–Crippen MR) is 122 cm³/mol. The Kier molecular flexibility index (Phi) is 5.90. The molecule has 1 N–H and O–H groups in total. The molecule has 2 heterocycles. The topological polar surface area (TPSA) is 78.3 Å². The van der Waals surface area contributed by atoms with Gasteiger partial charge < -0.3 is 19.4 Å². The molecule has 0 unspecified atom stereocenters. The standard InChI is InChI=1S/C23H24N4O3S/c1-14-21(31-23(25-14)16-9-10-19(29-3)20(13-16)30-4)22(28)24-11-12-27-15(2)26-17-7-5-6-8-18(17)27/h5-10,13H,11-12H2,1-4H3,(H,24,28). The first-order valence-corrected chi connectivity index (χ1v) is 10.7. The van der Waals surface area contributed by atoms with Crippen molar-refractivity contribution in [2.24, 2.45) is 0 Å². The molecule has 0 aliphatic carbocycles. The Morgan fingerprint density at radius 3 is 2.61 bits per heavy atom. The monoisotopic (exact) mass is 436 g/mol. The zero-order valence-corrected chi connectivity index (χ0v) is 18.7. The van der Waals surface area contributed by atoms with Crippen molar-refractivity contribution in [2.75, 3.05) is 20.8 Å². The second-order valence-corrected chi connectivity index (χ2v) is 8.06. The van der Waals surface area contributed by atoms with Crippen molar-refractivity contribution in [2.45, 2.75) is 20.4 Å². The molecular formula is C23H24N4O3S. The number of hydrogen-bond donors (Lipinski definition) is 1. The highest BCUT2D eigenvalue weighted by atomic mass is 32.1. The molecule has 4 rings (SSSR count). The minimum absolute atomic E-state index is 0.121. The zero-order chi connectivity index (χ0) is 22.0. The number of methoxy groups -OCH3 is 2. The van der Waals surface area contributed by atoms with Crippen molar-refractivity contribution in [3.05, 3.63) is 58.9 Å². The third kappa shape index (κ3) is 4.11. The molecule has 7 nitrogen and oxygen atoms in total. The first kappa shape index (κ1) is 20.9. The van der Waals surface area contributed by atoms with Gasteiger partial charge in [0.15, 0.2) is 11.5 Å². The average Bonchev–Trinajstić information content (AvgIpc) is 3.32. The highest BCUT2D eigenvalue weighted by molar-refractivity contribution is 7.17. The van der Waals surface area contributed by atoms with Crippen LogP contribution in [0.25, 0.3) is 21.6 Å². The lowest BCUT2D eigenvalue weighted by atomic mass is 10.2. The van der Waals surface area contributed by atoms with Gasteiger partial charge in [0.05, 0.1) is 30.9 Å². The molecule has 31 heavy (non-hydrogen) atoms. The van der Waals surface area contributed by atoms with Gasteiger partial charge in [-0.05, 0) is 44.2 Å². The number of hydrogen-bond acceptors (Lipinski definition) is 6. The van der Waals surface area contributed by atoms with Crippen LogP contribution in [0.3, 0.4) is 0 Å². The van der Waals surface area contributed by atoms with E-state index in [9.17, 15) is 4.79 Å². The number of nitrogens with zero attached hydrogens (tertiary/aromatic N) is 3. The van der Waals surface area contributed by atoms with E-state index in [1.165, 1.54) is 11.3 Å². The SMILES string of the molecule is COc1ccc(-c2nc(C)c(C(=O)NCCn3c(C)nc4ccccc43)s2)cc1OC. The van der Waals surface area contributed by atoms with Gasteiger partial charge >= 0.3 is 0 Å². The largest absolute Gasteiger partial charge is 0.493 e. The molecule has 0 fully saturated rings. The van der Waals surface area contributed by atoms with E-state index in [-0.39, 0.29) is 5.91 Å². The summed E-state index contributed by atoms with van der Waals surface area (Å²) in [7, 11) is 3.19. The lowest BCUT2D eigenvalue weighted by Crippen LogP contribution is -2.27. The lowest BCUT2D eigenvalue weighted by molar-refractivity contribution is 0.0955. The normalized spacial score (nSPS) is 11.0. The van der Waals surface area contributed by atoms with E-state index in [1.807, 2.05) is 56.3 Å². The van der Waals surface area contributed by atoms with E-state index in [1.54, 1.807) is 14.2 Å². The number of carbonyl (C=O) groups is 1. The van der Waals surface area contributed by atoms with Gasteiger partial charge in [0.2, 0.25) is 0 Å². The molecule has 0 radical (unpaired) electrons. The Labute approximate surface area is 184 Å². The second kappa shape index (κ2) is 8.77. The number of benzene rings is 2. The van der Waals surface area contributed by atoms with Crippen molar-refractivity contribution >= 4 is 28.3 Å². The predicted octanol–water partition coefficient (Wildman–Crippen LogP) is 4.22. The van der Waals surface area contributed by atoms with E-state index < -0.39 is 0 Å². The van der Waals surface area contributed by atoms with Gasteiger partial charge in [-0.15, -0.1) is 11.3 Å². The molecule has 0 spiro atoms. The fourth-order valence-electron chi connectivity index (χ4n) is 3.54. The van der Waals surface area contributed by atoms with Crippen LogP contribution in [0.5, 0.6) is 11.5 Å². The number of aryl methyl sites for hydroxylation is 2. The Hall–Kier alpha value is -3.39. The Morgan fingerprint density at radius 2 is 1.84 bits per heavy atom. The van der Waals surface area contributed by atoms with Crippen LogP contribution in [0.2, 0.25) is 0 Å². The molecule has 160 valence electrons. The summed E-state index contributed by atoms with van der Waals surface area (Å²) in [5.74, 6) is 2.09. The molecule has 2 aromatic carbocycles. The van der Waals surface area contributed by atoms with Crippen LogP contribution in [-0.4, -0.2) is 41.2 Å². The fourth-order valence-corrected chi connectivity index (χ4v) is 4.52. The molecule has 0 aliphatic rings. The molecular weight excluding hydrogens is 412 g/mol. The summed E-state index contributed by atoms with van der Waals surface area (Å²) in [6.45, 7) is 4.98. The number of amides is 1. The van der Waals surface area contributed by atoms with Gasteiger partial charge in [-0.3, -0.25) is 4.79 Å². The first-order valence-electron chi connectivity index (χ1n) is 9.91. The lowest BCUT2D eigenvalue weighted by Gasteiger charge is -2.08. The van der Waals surface area contributed by atoms with Crippen molar-refractivity contribution < 1.29 is 14.3 Å². The third-order valence-electron chi connectivity index (χ3n) is 5.10.